The summed E-state index contributed by atoms with van der Waals surface area (Å²) in [7, 11) is 3.26. The largest absolute Gasteiger partial charge is 0.493 e. The van der Waals surface area contributed by atoms with Crippen molar-refractivity contribution in [3.05, 3.63) is 53.1 Å². The average Bonchev–Trinajstić information content (AvgIpc) is 2.77. The second kappa shape index (κ2) is 9.68. The number of ether oxygens (including phenoxy) is 2. The van der Waals surface area contributed by atoms with E-state index in [4.69, 9.17) is 9.47 Å². The van der Waals surface area contributed by atoms with E-state index in [9.17, 15) is 4.79 Å². The molecule has 0 atom stereocenters. The number of methoxy groups -OCH3 is 2. The first-order valence-corrected chi connectivity index (χ1v) is 10.4. The third-order valence-electron chi connectivity index (χ3n) is 5.73. The third-order valence-corrected chi connectivity index (χ3v) is 5.73. The molecule has 0 N–H and O–H groups in total. The third kappa shape index (κ3) is 4.84. The molecular weight excluding hydrogens is 364 g/mol. The van der Waals surface area contributed by atoms with Crippen LogP contribution in [-0.4, -0.2) is 51.2 Å². The number of carbonyl (C=O) groups is 1. The Labute approximate surface area is 174 Å². The lowest BCUT2D eigenvalue weighted by Crippen LogP contribution is -2.49. The van der Waals surface area contributed by atoms with E-state index in [1.54, 1.807) is 14.2 Å². The number of hydrogen-bond acceptors (Lipinski definition) is 4. The van der Waals surface area contributed by atoms with Gasteiger partial charge in [0.2, 0.25) is 5.91 Å². The molecule has 1 saturated heterocycles. The topological polar surface area (TPSA) is 42.0 Å². The summed E-state index contributed by atoms with van der Waals surface area (Å²) in [5, 5.41) is 0. The number of amides is 1. The van der Waals surface area contributed by atoms with Crippen LogP contribution in [0.2, 0.25) is 0 Å². The summed E-state index contributed by atoms with van der Waals surface area (Å²) in [6.45, 7) is 7.71. The molecule has 0 bridgehead atoms. The molecule has 3 rings (SSSR count). The smallest absolute Gasteiger partial charge is 0.223 e. The summed E-state index contributed by atoms with van der Waals surface area (Å²) in [6, 6.07) is 12.4. The van der Waals surface area contributed by atoms with Crippen LogP contribution in [0.3, 0.4) is 0 Å². The molecule has 2 aromatic carbocycles. The minimum absolute atomic E-state index is 0.222. The van der Waals surface area contributed by atoms with E-state index in [1.807, 2.05) is 23.1 Å². The van der Waals surface area contributed by atoms with Crippen LogP contribution >= 0.6 is 0 Å². The molecule has 156 valence electrons. The minimum atomic E-state index is 0.222. The van der Waals surface area contributed by atoms with Crippen LogP contribution in [0, 0.1) is 6.92 Å². The first kappa shape index (κ1) is 21.0. The number of piperazine rings is 1. The van der Waals surface area contributed by atoms with Gasteiger partial charge < -0.3 is 19.3 Å². The van der Waals surface area contributed by atoms with Crippen molar-refractivity contribution in [3.63, 3.8) is 0 Å². The van der Waals surface area contributed by atoms with Gasteiger partial charge in [-0.15, -0.1) is 0 Å². The maximum atomic E-state index is 12.7. The molecule has 5 nitrogen and oxygen atoms in total. The molecule has 2 aromatic rings. The summed E-state index contributed by atoms with van der Waals surface area (Å²) in [4.78, 5) is 17.2. The maximum Gasteiger partial charge on any atom is 0.223 e. The number of carbonyl (C=O) groups excluding carboxylic acids is 1. The van der Waals surface area contributed by atoms with Gasteiger partial charge in [0.25, 0.3) is 0 Å². The standard InChI is InChI=1S/C24H32N2O3/c1-5-20-8-6-7-18(2)24(20)26-15-13-25(14-16-26)23(27)12-10-19-9-11-21(28-3)22(17-19)29-4/h6-9,11,17H,5,10,12-16H2,1-4H3. The van der Waals surface area contributed by atoms with Crippen molar-refractivity contribution >= 4 is 11.6 Å². The predicted octanol–water partition coefficient (Wildman–Crippen LogP) is 3.86. The number of rotatable bonds is 7. The molecule has 1 fully saturated rings. The molecule has 1 heterocycles. The summed E-state index contributed by atoms with van der Waals surface area (Å²) in [5.74, 6) is 1.64. The average molecular weight is 397 g/mol. The highest BCUT2D eigenvalue weighted by atomic mass is 16.5. The highest BCUT2D eigenvalue weighted by Crippen LogP contribution is 2.29. The van der Waals surface area contributed by atoms with Gasteiger partial charge in [-0.05, 0) is 48.6 Å². The lowest BCUT2D eigenvalue weighted by Gasteiger charge is -2.38. The summed E-state index contributed by atoms with van der Waals surface area (Å²) < 4.78 is 10.6. The van der Waals surface area contributed by atoms with Gasteiger partial charge in [0, 0.05) is 38.3 Å². The van der Waals surface area contributed by atoms with Crippen molar-refractivity contribution in [2.45, 2.75) is 33.1 Å². The molecule has 1 aliphatic heterocycles. The number of anilines is 1. The Bertz CT molecular complexity index is 842. The molecule has 0 aliphatic carbocycles. The van der Waals surface area contributed by atoms with Gasteiger partial charge in [-0.25, -0.2) is 0 Å². The van der Waals surface area contributed by atoms with Crippen LogP contribution in [0.1, 0.15) is 30.0 Å². The zero-order chi connectivity index (χ0) is 20.8. The Morgan fingerprint density at radius 1 is 1.00 bits per heavy atom. The van der Waals surface area contributed by atoms with Gasteiger partial charge in [0.1, 0.15) is 0 Å². The van der Waals surface area contributed by atoms with Crippen LogP contribution < -0.4 is 14.4 Å². The second-order valence-corrected chi connectivity index (χ2v) is 7.49. The van der Waals surface area contributed by atoms with Crippen molar-refractivity contribution in [2.75, 3.05) is 45.3 Å². The number of hydrogen-bond donors (Lipinski definition) is 0. The molecular formula is C24H32N2O3. The van der Waals surface area contributed by atoms with Gasteiger partial charge >= 0.3 is 0 Å². The van der Waals surface area contributed by atoms with Gasteiger partial charge in [-0.2, -0.15) is 0 Å². The minimum Gasteiger partial charge on any atom is -0.493 e. The van der Waals surface area contributed by atoms with Crippen LogP contribution in [0.4, 0.5) is 5.69 Å². The molecule has 1 amide bonds. The number of nitrogens with zero attached hydrogens (tertiary/aromatic N) is 2. The van der Waals surface area contributed by atoms with E-state index in [0.29, 0.717) is 24.3 Å². The molecule has 0 spiro atoms. The highest BCUT2D eigenvalue weighted by Gasteiger charge is 2.23. The second-order valence-electron chi connectivity index (χ2n) is 7.49. The molecule has 0 aromatic heterocycles. The van der Waals surface area contributed by atoms with Crippen LogP contribution in [0.5, 0.6) is 11.5 Å². The van der Waals surface area contributed by atoms with Crippen molar-refractivity contribution in [3.8, 4) is 11.5 Å². The lowest BCUT2D eigenvalue weighted by molar-refractivity contribution is -0.131. The Hall–Kier alpha value is -2.69. The summed E-state index contributed by atoms with van der Waals surface area (Å²) >= 11 is 0. The number of para-hydroxylation sites is 1. The van der Waals surface area contributed by atoms with E-state index in [1.165, 1.54) is 16.8 Å². The normalized spacial score (nSPS) is 14.1. The van der Waals surface area contributed by atoms with E-state index in [0.717, 1.165) is 38.2 Å². The fourth-order valence-electron chi connectivity index (χ4n) is 4.08. The van der Waals surface area contributed by atoms with Gasteiger partial charge in [-0.1, -0.05) is 31.2 Å². The molecule has 0 unspecified atom stereocenters. The molecule has 0 radical (unpaired) electrons. The Balaban J connectivity index is 1.56. The van der Waals surface area contributed by atoms with Gasteiger partial charge in [0.15, 0.2) is 11.5 Å². The first-order chi connectivity index (χ1) is 14.1. The lowest BCUT2D eigenvalue weighted by atomic mass is 10.0. The van der Waals surface area contributed by atoms with Crippen LogP contribution in [0.15, 0.2) is 36.4 Å². The van der Waals surface area contributed by atoms with Crippen LogP contribution in [0.25, 0.3) is 0 Å². The summed E-state index contributed by atoms with van der Waals surface area (Å²) in [5.41, 5.74) is 5.14. The van der Waals surface area contributed by atoms with Crippen molar-refractivity contribution in [1.82, 2.24) is 4.90 Å². The molecule has 29 heavy (non-hydrogen) atoms. The SMILES string of the molecule is CCc1cccc(C)c1N1CCN(C(=O)CCc2ccc(OC)c(OC)c2)CC1. The molecule has 0 saturated carbocycles. The quantitative estimate of drug-likeness (QED) is 0.713. The Kier molecular flexibility index (Phi) is 7.02. The van der Waals surface area contributed by atoms with E-state index < -0.39 is 0 Å². The van der Waals surface area contributed by atoms with E-state index >= 15 is 0 Å². The fraction of sp³-hybridized carbons (Fsp3) is 0.458. The number of aryl methyl sites for hydroxylation is 3. The zero-order valence-electron chi connectivity index (χ0n) is 18.0. The Morgan fingerprint density at radius 2 is 1.72 bits per heavy atom. The van der Waals surface area contributed by atoms with Crippen molar-refractivity contribution in [2.24, 2.45) is 0 Å². The van der Waals surface area contributed by atoms with Crippen molar-refractivity contribution < 1.29 is 14.3 Å². The summed E-state index contributed by atoms with van der Waals surface area (Å²) in [6.07, 6.45) is 2.25. The van der Waals surface area contributed by atoms with Gasteiger partial charge in [0.05, 0.1) is 14.2 Å². The highest BCUT2D eigenvalue weighted by molar-refractivity contribution is 5.77. The fourth-order valence-corrected chi connectivity index (χ4v) is 4.08. The first-order valence-electron chi connectivity index (χ1n) is 10.4. The predicted molar refractivity (Wildman–Crippen MR) is 117 cm³/mol. The Morgan fingerprint density at radius 3 is 2.38 bits per heavy atom. The molecule has 5 heteroatoms. The number of benzene rings is 2. The van der Waals surface area contributed by atoms with Crippen molar-refractivity contribution in [1.29, 1.82) is 0 Å². The van der Waals surface area contributed by atoms with Gasteiger partial charge in [-0.3, -0.25) is 4.79 Å². The zero-order valence-corrected chi connectivity index (χ0v) is 18.0. The van der Waals surface area contributed by atoms with Crippen LogP contribution in [-0.2, 0) is 17.6 Å². The maximum absolute atomic E-state index is 12.7. The van der Waals surface area contributed by atoms with E-state index in [2.05, 4.69) is 36.9 Å². The van der Waals surface area contributed by atoms with E-state index in [-0.39, 0.29) is 5.91 Å². The molecule has 1 aliphatic rings. The monoisotopic (exact) mass is 396 g/mol.